The SMILES string of the molecule is C[C@H](CCOc1ccc([C@H](C)[C@H](NC(=O)OC(C)(C)C)C(=O)N2CCC(F)(F)C2)c(F)c1)C1CCNCC1. The molecule has 0 aromatic heterocycles. The van der Waals surface area contributed by atoms with Crippen LogP contribution in [0.15, 0.2) is 18.2 Å². The minimum absolute atomic E-state index is 0.143. The predicted octanol–water partition coefficient (Wildman–Crippen LogP) is 5.09. The zero-order chi connectivity index (χ0) is 28.1. The van der Waals surface area contributed by atoms with Crippen molar-refractivity contribution in [2.75, 3.05) is 32.8 Å². The standard InChI is InChI=1S/C28H42F3N3O4/c1-18(20-8-12-32-13-9-20)10-15-37-21-6-7-22(23(29)16-21)19(2)24(33-26(36)38-27(3,4)5)25(35)34-14-11-28(30,31)17-34/h6-7,16,18-20,24,32H,8-15,17H2,1-5H3,(H,33,36)/t18-,19+,24+/m1/s1. The first-order valence-electron chi connectivity index (χ1n) is 13.5. The van der Waals surface area contributed by atoms with Crippen LogP contribution in [-0.4, -0.2) is 67.3 Å². The van der Waals surface area contributed by atoms with Gasteiger partial charge in [-0.15, -0.1) is 0 Å². The summed E-state index contributed by atoms with van der Waals surface area (Å²) in [6.07, 6.45) is 1.82. The Morgan fingerprint density at radius 2 is 1.89 bits per heavy atom. The summed E-state index contributed by atoms with van der Waals surface area (Å²) in [6.45, 7) is 10.4. The second kappa shape index (κ2) is 12.6. The van der Waals surface area contributed by atoms with Gasteiger partial charge in [-0.2, -0.15) is 0 Å². The van der Waals surface area contributed by atoms with E-state index in [2.05, 4.69) is 17.6 Å². The molecule has 2 fully saturated rings. The normalized spacial score (nSPS) is 20.5. The molecule has 10 heteroatoms. The number of ether oxygens (including phenoxy) is 2. The smallest absolute Gasteiger partial charge is 0.408 e. The molecule has 38 heavy (non-hydrogen) atoms. The van der Waals surface area contributed by atoms with Gasteiger partial charge >= 0.3 is 6.09 Å². The van der Waals surface area contributed by atoms with Gasteiger partial charge in [0.25, 0.3) is 5.92 Å². The highest BCUT2D eigenvalue weighted by Gasteiger charge is 2.44. The Kier molecular flexibility index (Phi) is 9.95. The number of nitrogens with one attached hydrogen (secondary N) is 2. The Labute approximate surface area is 223 Å². The van der Waals surface area contributed by atoms with Gasteiger partial charge in [0.2, 0.25) is 5.91 Å². The average Bonchev–Trinajstić information content (AvgIpc) is 3.21. The highest BCUT2D eigenvalue weighted by Crippen LogP contribution is 2.31. The minimum atomic E-state index is -3.00. The van der Waals surface area contributed by atoms with E-state index in [4.69, 9.17) is 9.47 Å². The van der Waals surface area contributed by atoms with Crippen LogP contribution in [0.3, 0.4) is 0 Å². The number of nitrogens with zero attached hydrogens (tertiary/aromatic N) is 1. The Morgan fingerprint density at radius 3 is 2.47 bits per heavy atom. The van der Waals surface area contributed by atoms with Gasteiger partial charge in [0.15, 0.2) is 0 Å². The summed E-state index contributed by atoms with van der Waals surface area (Å²) in [4.78, 5) is 26.8. The van der Waals surface area contributed by atoms with Crippen LogP contribution >= 0.6 is 0 Å². The molecule has 0 bridgehead atoms. The van der Waals surface area contributed by atoms with E-state index in [1.54, 1.807) is 33.8 Å². The Morgan fingerprint density at radius 1 is 1.21 bits per heavy atom. The molecule has 3 rings (SSSR count). The topological polar surface area (TPSA) is 79.9 Å². The maximum absolute atomic E-state index is 15.2. The number of piperidine rings is 1. The van der Waals surface area contributed by atoms with E-state index in [0.29, 0.717) is 24.2 Å². The molecule has 2 amide bonds. The molecule has 2 aliphatic heterocycles. The molecule has 3 atom stereocenters. The third-order valence-electron chi connectivity index (χ3n) is 7.41. The number of hydrogen-bond acceptors (Lipinski definition) is 5. The van der Waals surface area contributed by atoms with Gasteiger partial charge in [-0.1, -0.05) is 19.9 Å². The van der Waals surface area contributed by atoms with E-state index in [-0.39, 0.29) is 12.1 Å². The molecular formula is C28H42F3N3O4. The van der Waals surface area contributed by atoms with Gasteiger partial charge in [-0.05, 0) is 76.6 Å². The van der Waals surface area contributed by atoms with E-state index in [1.807, 2.05) is 0 Å². The highest BCUT2D eigenvalue weighted by molar-refractivity contribution is 5.87. The lowest BCUT2D eigenvalue weighted by Crippen LogP contribution is -2.52. The first-order chi connectivity index (χ1) is 17.8. The Balaban J connectivity index is 1.68. The van der Waals surface area contributed by atoms with Crippen molar-refractivity contribution >= 4 is 12.0 Å². The molecule has 2 N–H and O–H groups in total. The number of rotatable bonds is 9. The number of alkyl halides is 2. The van der Waals surface area contributed by atoms with Crippen molar-refractivity contribution in [2.45, 2.75) is 83.8 Å². The van der Waals surface area contributed by atoms with Gasteiger partial charge in [0.05, 0.1) is 13.2 Å². The second-order valence-electron chi connectivity index (χ2n) is 11.7. The molecule has 0 unspecified atom stereocenters. The summed E-state index contributed by atoms with van der Waals surface area (Å²) in [6, 6.07) is 3.12. The van der Waals surface area contributed by atoms with Gasteiger partial charge in [0.1, 0.15) is 23.2 Å². The van der Waals surface area contributed by atoms with Gasteiger partial charge in [-0.3, -0.25) is 4.79 Å². The predicted molar refractivity (Wildman–Crippen MR) is 139 cm³/mol. The first kappa shape index (κ1) is 30.1. The van der Waals surface area contributed by atoms with Crippen molar-refractivity contribution in [3.8, 4) is 5.75 Å². The van der Waals surface area contributed by atoms with E-state index < -0.39 is 54.3 Å². The number of benzene rings is 1. The van der Waals surface area contributed by atoms with E-state index >= 15 is 4.39 Å². The molecule has 214 valence electrons. The number of likely N-dealkylation sites (tertiary alicyclic amines) is 1. The number of halogens is 3. The van der Waals surface area contributed by atoms with Crippen LogP contribution < -0.4 is 15.4 Å². The van der Waals surface area contributed by atoms with Gasteiger partial charge in [0, 0.05) is 24.9 Å². The number of amides is 2. The number of hydrogen-bond donors (Lipinski definition) is 2. The third kappa shape index (κ3) is 8.51. The molecule has 0 radical (unpaired) electrons. The number of carbonyl (C=O) groups is 2. The Hall–Kier alpha value is -2.49. The average molecular weight is 542 g/mol. The van der Waals surface area contributed by atoms with Crippen LogP contribution in [-0.2, 0) is 9.53 Å². The zero-order valence-electron chi connectivity index (χ0n) is 23.1. The fourth-order valence-electron chi connectivity index (χ4n) is 5.11. The lowest BCUT2D eigenvalue weighted by molar-refractivity contribution is -0.134. The van der Waals surface area contributed by atoms with Crippen molar-refractivity contribution < 1.29 is 32.2 Å². The van der Waals surface area contributed by atoms with Crippen LogP contribution in [0.4, 0.5) is 18.0 Å². The van der Waals surface area contributed by atoms with Crippen molar-refractivity contribution in [3.05, 3.63) is 29.6 Å². The van der Waals surface area contributed by atoms with Crippen molar-refractivity contribution in [1.82, 2.24) is 15.5 Å². The molecule has 7 nitrogen and oxygen atoms in total. The van der Waals surface area contributed by atoms with E-state index in [9.17, 15) is 18.4 Å². The lowest BCUT2D eigenvalue weighted by atomic mass is 9.84. The van der Waals surface area contributed by atoms with Crippen molar-refractivity contribution in [2.24, 2.45) is 11.8 Å². The molecular weight excluding hydrogens is 499 g/mol. The maximum atomic E-state index is 15.2. The summed E-state index contributed by atoms with van der Waals surface area (Å²) in [5, 5.41) is 5.86. The molecule has 2 saturated heterocycles. The molecule has 0 saturated carbocycles. The fourth-order valence-corrected chi connectivity index (χ4v) is 5.11. The maximum Gasteiger partial charge on any atom is 0.408 e. The van der Waals surface area contributed by atoms with Crippen molar-refractivity contribution in [1.29, 1.82) is 0 Å². The summed E-state index contributed by atoms with van der Waals surface area (Å²) < 4.78 is 53.9. The zero-order valence-corrected chi connectivity index (χ0v) is 23.1. The van der Waals surface area contributed by atoms with Crippen LogP contribution in [0, 0.1) is 17.7 Å². The number of alkyl carbamates (subject to hydrolysis) is 1. The van der Waals surface area contributed by atoms with E-state index in [0.717, 1.165) is 37.3 Å². The van der Waals surface area contributed by atoms with Gasteiger partial charge < -0.3 is 25.0 Å². The molecule has 2 heterocycles. The molecule has 0 spiro atoms. The van der Waals surface area contributed by atoms with Crippen LogP contribution in [0.1, 0.15) is 71.8 Å². The minimum Gasteiger partial charge on any atom is -0.493 e. The van der Waals surface area contributed by atoms with Crippen LogP contribution in [0.25, 0.3) is 0 Å². The van der Waals surface area contributed by atoms with Gasteiger partial charge in [-0.25, -0.2) is 18.0 Å². The highest BCUT2D eigenvalue weighted by atomic mass is 19.3. The lowest BCUT2D eigenvalue weighted by Gasteiger charge is -2.30. The summed E-state index contributed by atoms with van der Waals surface area (Å²) >= 11 is 0. The summed E-state index contributed by atoms with van der Waals surface area (Å²) in [7, 11) is 0. The van der Waals surface area contributed by atoms with Crippen LogP contribution in [0.2, 0.25) is 0 Å². The van der Waals surface area contributed by atoms with E-state index in [1.165, 1.54) is 12.1 Å². The molecule has 2 aliphatic rings. The monoisotopic (exact) mass is 541 g/mol. The van der Waals surface area contributed by atoms with Crippen molar-refractivity contribution in [3.63, 3.8) is 0 Å². The Bertz CT molecular complexity index is 963. The molecule has 1 aromatic rings. The van der Waals surface area contributed by atoms with Crippen LogP contribution in [0.5, 0.6) is 5.75 Å². The largest absolute Gasteiger partial charge is 0.493 e. The quantitative estimate of drug-likeness (QED) is 0.455. The summed E-state index contributed by atoms with van der Waals surface area (Å²) in [5.41, 5.74) is -0.669. The third-order valence-corrected chi connectivity index (χ3v) is 7.41. The fraction of sp³-hybridized carbons (Fsp3) is 0.714. The first-order valence-corrected chi connectivity index (χ1v) is 13.5. The second-order valence-corrected chi connectivity index (χ2v) is 11.7. The number of carbonyl (C=O) groups excluding carboxylic acids is 2. The molecule has 0 aliphatic carbocycles. The molecule has 1 aromatic carbocycles. The summed E-state index contributed by atoms with van der Waals surface area (Å²) in [5.74, 6) is -3.61.